The number of hydrogen-bond donors (Lipinski definition) is 3. The van der Waals surface area contributed by atoms with E-state index in [0.717, 1.165) is 6.54 Å². The number of nitrogens with one attached hydrogen (secondary N) is 1. The van der Waals surface area contributed by atoms with Crippen molar-refractivity contribution in [2.45, 2.75) is 13.3 Å². The topological polar surface area (TPSA) is 52.5 Å². The molecule has 0 bridgehead atoms. The molecule has 0 aromatic rings. The molecule has 52 valence electrons. The van der Waals surface area contributed by atoms with Crippen LogP contribution in [0.1, 0.15) is 13.3 Å². The van der Waals surface area contributed by atoms with Crippen molar-refractivity contribution >= 4 is 0 Å². The van der Waals surface area contributed by atoms with E-state index in [-0.39, 0.29) is 0 Å². The zero-order valence-electron chi connectivity index (χ0n) is 5.52. The number of aliphatic hydroxyl groups is 2. The van der Waals surface area contributed by atoms with Crippen molar-refractivity contribution < 1.29 is 10.2 Å². The molecule has 3 nitrogen and oxygen atoms in total. The molecule has 0 saturated heterocycles. The van der Waals surface area contributed by atoms with Crippen molar-refractivity contribution in [1.29, 1.82) is 0 Å². The fourth-order valence-electron chi connectivity index (χ4n) is 0.250. The summed E-state index contributed by atoms with van der Waals surface area (Å²) in [6.45, 7) is 2.54. The van der Waals surface area contributed by atoms with E-state index in [1.54, 1.807) is 0 Å². The first-order valence-electron chi connectivity index (χ1n) is 2.69. The second-order valence-corrected chi connectivity index (χ2v) is 1.24. The third-order valence-electron chi connectivity index (χ3n) is 0.500. The molecule has 0 aliphatic carbocycles. The highest BCUT2D eigenvalue weighted by Crippen LogP contribution is 1.62. The molecule has 0 aliphatic rings. The largest absolute Gasteiger partial charge is 0.371 e. The molecule has 0 heterocycles. The maximum atomic E-state index is 7.12. The van der Waals surface area contributed by atoms with E-state index in [1.165, 1.54) is 6.42 Å². The van der Waals surface area contributed by atoms with Gasteiger partial charge in [0, 0.05) is 0 Å². The normalized spacial score (nSPS) is 7.50. The molecule has 3 N–H and O–H groups in total. The van der Waals surface area contributed by atoms with Crippen LogP contribution >= 0.6 is 0 Å². The van der Waals surface area contributed by atoms with E-state index in [2.05, 4.69) is 12.2 Å². The SMILES string of the molecule is CCCNC.OCO. The fraction of sp³-hybridized carbons (Fsp3) is 1.00. The van der Waals surface area contributed by atoms with Crippen molar-refractivity contribution in [3.63, 3.8) is 0 Å². The Balaban J connectivity index is 0. The van der Waals surface area contributed by atoms with E-state index in [1.807, 2.05) is 7.05 Å². The van der Waals surface area contributed by atoms with Gasteiger partial charge in [0.25, 0.3) is 0 Å². The predicted octanol–water partition coefficient (Wildman–Crippen LogP) is -0.456. The van der Waals surface area contributed by atoms with Crippen molar-refractivity contribution in [1.82, 2.24) is 5.32 Å². The van der Waals surface area contributed by atoms with E-state index < -0.39 is 6.79 Å². The molecule has 0 radical (unpaired) electrons. The lowest BCUT2D eigenvalue weighted by molar-refractivity contribution is 0.0773. The molecule has 0 aromatic carbocycles. The first-order chi connectivity index (χ1) is 3.83. The molecule has 0 atom stereocenters. The van der Waals surface area contributed by atoms with Crippen LogP contribution in [0, 0.1) is 0 Å². The third-order valence-corrected chi connectivity index (χ3v) is 0.500. The lowest BCUT2D eigenvalue weighted by Crippen LogP contribution is -2.04. The third kappa shape index (κ3) is 39.6. The van der Waals surface area contributed by atoms with E-state index in [0.29, 0.717) is 0 Å². The molecule has 0 aromatic heterocycles. The summed E-state index contributed by atoms with van der Waals surface area (Å²) in [5, 5.41) is 17.3. The maximum Gasteiger partial charge on any atom is 0.140 e. The fourth-order valence-corrected chi connectivity index (χ4v) is 0.250. The first kappa shape index (κ1) is 10.8. The van der Waals surface area contributed by atoms with Crippen LogP contribution in [-0.4, -0.2) is 30.6 Å². The van der Waals surface area contributed by atoms with Gasteiger partial charge in [0.15, 0.2) is 0 Å². The molecule has 0 saturated carbocycles. The van der Waals surface area contributed by atoms with Gasteiger partial charge >= 0.3 is 0 Å². The van der Waals surface area contributed by atoms with E-state index >= 15 is 0 Å². The molecular weight excluding hydrogens is 106 g/mol. The van der Waals surface area contributed by atoms with Gasteiger partial charge in [0.2, 0.25) is 0 Å². The van der Waals surface area contributed by atoms with Crippen molar-refractivity contribution in [2.75, 3.05) is 20.4 Å². The Labute approximate surface area is 50.3 Å². The lowest BCUT2D eigenvalue weighted by atomic mass is 10.5. The van der Waals surface area contributed by atoms with Crippen LogP contribution in [0.2, 0.25) is 0 Å². The van der Waals surface area contributed by atoms with Gasteiger partial charge in [-0.2, -0.15) is 0 Å². The van der Waals surface area contributed by atoms with Crippen LogP contribution in [0.25, 0.3) is 0 Å². The Bertz CT molecular complexity index is 24.4. The summed E-state index contributed by atoms with van der Waals surface area (Å²) in [7, 11) is 1.96. The van der Waals surface area contributed by atoms with Crippen LogP contribution in [0.5, 0.6) is 0 Å². The summed E-state index contributed by atoms with van der Waals surface area (Å²) in [6, 6.07) is 0. The second-order valence-electron chi connectivity index (χ2n) is 1.24. The molecule has 0 aliphatic heterocycles. The highest BCUT2D eigenvalue weighted by Gasteiger charge is 1.64. The molecule has 0 fully saturated rings. The highest BCUT2D eigenvalue weighted by molar-refractivity contribution is 4.28. The second kappa shape index (κ2) is 15.8. The maximum absolute atomic E-state index is 7.12. The average Bonchev–Trinajstić information content (AvgIpc) is 1.71. The zero-order chi connectivity index (χ0) is 6.83. The van der Waals surface area contributed by atoms with Crippen LogP contribution in [0.15, 0.2) is 0 Å². The molecule has 0 unspecified atom stereocenters. The van der Waals surface area contributed by atoms with Gasteiger partial charge in [-0.3, -0.25) is 0 Å². The lowest BCUT2D eigenvalue weighted by Gasteiger charge is -1.84. The number of rotatable bonds is 2. The summed E-state index contributed by atoms with van der Waals surface area (Å²) in [5.41, 5.74) is 0. The van der Waals surface area contributed by atoms with Gasteiger partial charge in [0.05, 0.1) is 0 Å². The van der Waals surface area contributed by atoms with Crippen molar-refractivity contribution in [2.24, 2.45) is 0 Å². The summed E-state index contributed by atoms with van der Waals surface area (Å²) < 4.78 is 0. The molecule has 0 rings (SSSR count). The van der Waals surface area contributed by atoms with Crippen LogP contribution < -0.4 is 5.32 Å². The van der Waals surface area contributed by atoms with E-state index in [4.69, 9.17) is 10.2 Å². The number of aliphatic hydroxyl groups excluding tert-OH is 1. The first-order valence-corrected chi connectivity index (χ1v) is 2.69. The van der Waals surface area contributed by atoms with Crippen LogP contribution in [0.4, 0.5) is 0 Å². The van der Waals surface area contributed by atoms with Gasteiger partial charge in [-0.05, 0) is 20.0 Å². The standard InChI is InChI=1S/C4H11N.CH4O2/c1-3-4-5-2;2-1-3/h5H,3-4H2,1-2H3;2-3H,1H2. The van der Waals surface area contributed by atoms with Gasteiger partial charge in [-0.15, -0.1) is 0 Å². The predicted molar refractivity (Wildman–Crippen MR) is 33.5 cm³/mol. The van der Waals surface area contributed by atoms with Crippen molar-refractivity contribution in [3.8, 4) is 0 Å². The molecule has 3 heteroatoms. The Morgan fingerprint density at radius 2 is 1.75 bits per heavy atom. The summed E-state index contributed by atoms with van der Waals surface area (Å²) in [5.74, 6) is 0. The summed E-state index contributed by atoms with van der Waals surface area (Å²) >= 11 is 0. The molecule has 0 spiro atoms. The van der Waals surface area contributed by atoms with Gasteiger partial charge in [-0.25, -0.2) is 0 Å². The molecule has 0 amide bonds. The average molecular weight is 121 g/mol. The van der Waals surface area contributed by atoms with Crippen molar-refractivity contribution in [3.05, 3.63) is 0 Å². The zero-order valence-corrected chi connectivity index (χ0v) is 5.52. The van der Waals surface area contributed by atoms with Gasteiger partial charge in [0.1, 0.15) is 6.79 Å². The Hall–Kier alpha value is -0.120. The van der Waals surface area contributed by atoms with Gasteiger partial charge in [-0.1, -0.05) is 6.92 Å². The van der Waals surface area contributed by atoms with E-state index in [9.17, 15) is 0 Å². The summed E-state index contributed by atoms with van der Waals surface area (Å²) in [4.78, 5) is 0. The van der Waals surface area contributed by atoms with Crippen LogP contribution in [0.3, 0.4) is 0 Å². The Morgan fingerprint density at radius 1 is 1.38 bits per heavy atom. The monoisotopic (exact) mass is 121 g/mol. The minimum Gasteiger partial charge on any atom is -0.371 e. The highest BCUT2D eigenvalue weighted by atomic mass is 16.5. The van der Waals surface area contributed by atoms with Gasteiger partial charge < -0.3 is 15.5 Å². The summed E-state index contributed by atoms with van der Waals surface area (Å²) in [6.07, 6.45) is 1.23. The quantitative estimate of drug-likeness (QED) is 0.433. The minimum absolute atomic E-state index is 0.750. The molecule has 8 heavy (non-hydrogen) atoms. The smallest absolute Gasteiger partial charge is 0.140 e. The Morgan fingerprint density at radius 3 is 1.75 bits per heavy atom. The van der Waals surface area contributed by atoms with Crippen LogP contribution in [-0.2, 0) is 0 Å². The number of hydrogen-bond acceptors (Lipinski definition) is 3. The molecular formula is C5H15NO2. The minimum atomic E-state index is -0.750. The Kier molecular flexibility index (Phi) is 21.3.